The Morgan fingerprint density at radius 1 is 0.903 bits per heavy atom. The molecule has 3 nitrogen and oxygen atoms in total. The van der Waals surface area contributed by atoms with Gasteiger partial charge in [-0.1, -0.05) is 42.7 Å². The van der Waals surface area contributed by atoms with Crippen molar-refractivity contribution in [2.45, 2.75) is 68.9 Å². The first kappa shape index (κ1) is 23.8. The minimum Gasteiger partial charge on any atom is -0.266 e. The van der Waals surface area contributed by atoms with Gasteiger partial charge in [-0.2, -0.15) is 21.6 Å². The number of hydrogen-bond donors (Lipinski definition) is 0. The van der Waals surface area contributed by atoms with Crippen LogP contribution in [0.4, 0.5) is 13.2 Å². The molecule has 0 atom stereocenters. The molecule has 0 radical (unpaired) electrons. The summed E-state index contributed by atoms with van der Waals surface area (Å²) in [5.41, 5.74) is 1.38. The van der Waals surface area contributed by atoms with E-state index in [4.69, 9.17) is 4.18 Å². The molecule has 0 amide bonds. The van der Waals surface area contributed by atoms with E-state index < -0.39 is 21.9 Å². The van der Waals surface area contributed by atoms with Gasteiger partial charge < -0.3 is 0 Å². The lowest BCUT2D eigenvalue weighted by atomic mass is 9.77. The molecule has 7 heteroatoms. The molecule has 170 valence electrons. The largest absolute Gasteiger partial charge is 0.416 e. The predicted octanol–water partition coefficient (Wildman–Crippen LogP) is 6.86. The van der Waals surface area contributed by atoms with Crippen LogP contribution in [0.25, 0.3) is 0 Å². The maximum atomic E-state index is 12.7. The van der Waals surface area contributed by atoms with Crippen LogP contribution < -0.4 is 0 Å². The fourth-order valence-corrected chi connectivity index (χ4v) is 5.15. The van der Waals surface area contributed by atoms with Crippen molar-refractivity contribution in [1.29, 1.82) is 0 Å². The molecule has 0 bridgehead atoms. The first-order chi connectivity index (χ1) is 14.6. The van der Waals surface area contributed by atoms with Gasteiger partial charge >= 0.3 is 6.18 Å². The molecule has 2 aromatic rings. The normalized spacial score (nSPS) is 20.0. The Kier molecular flexibility index (Phi) is 7.81. The average Bonchev–Trinajstić information content (AvgIpc) is 2.74. The van der Waals surface area contributed by atoms with E-state index in [0.717, 1.165) is 49.7 Å². The summed E-state index contributed by atoms with van der Waals surface area (Å²) in [5.74, 6) is 0.904. The number of aryl methyl sites for hydroxylation is 1. The Labute approximate surface area is 182 Å². The van der Waals surface area contributed by atoms with Gasteiger partial charge in [0.25, 0.3) is 10.1 Å². The van der Waals surface area contributed by atoms with Crippen molar-refractivity contribution in [3.63, 3.8) is 0 Å². The number of unbranched alkanes of at least 4 members (excludes halogenated alkanes) is 1. The molecular formula is C24H29F3O3S. The molecule has 31 heavy (non-hydrogen) atoms. The van der Waals surface area contributed by atoms with Gasteiger partial charge in [-0.15, -0.1) is 0 Å². The fraction of sp³-hybridized carbons (Fsp3) is 0.500. The van der Waals surface area contributed by atoms with E-state index in [9.17, 15) is 21.6 Å². The molecule has 0 unspecified atom stereocenters. The molecule has 1 aliphatic rings. The summed E-state index contributed by atoms with van der Waals surface area (Å²) in [6.45, 7) is 2.07. The highest BCUT2D eigenvalue weighted by Gasteiger charge is 2.30. The van der Waals surface area contributed by atoms with Gasteiger partial charge in [0.1, 0.15) is 0 Å². The highest BCUT2D eigenvalue weighted by Crippen LogP contribution is 2.38. The summed E-state index contributed by atoms with van der Waals surface area (Å²) >= 11 is 0. The highest BCUT2D eigenvalue weighted by atomic mass is 32.2. The summed E-state index contributed by atoms with van der Waals surface area (Å²) in [5, 5.41) is 0. The second-order valence-corrected chi connectivity index (χ2v) is 10.0. The van der Waals surface area contributed by atoms with E-state index in [2.05, 4.69) is 0 Å². The zero-order valence-electron chi connectivity index (χ0n) is 17.7. The summed E-state index contributed by atoms with van der Waals surface area (Å²) in [6, 6.07) is 12.2. The molecular weight excluding hydrogens is 425 g/mol. The number of rotatable bonds is 8. The quantitative estimate of drug-likeness (QED) is 0.323. The smallest absolute Gasteiger partial charge is 0.266 e. The van der Waals surface area contributed by atoms with Crippen LogP contribution >= 0.6 is 0 Å². The first-order valence-electron chi connectivity index (χ1n) is 10.8. The van der Waals surface area contributed by atoms with Crippen molar-refractivity contribution >= 4 is 10.1 Å². The lowest BCUT2D eigenvalue weighted by Gasteiger charge is -2.29. The average molecular weight is 455 g/mol. The van der Waals surface area contributed by atoms with Crippen molar-refractivity contribution in [3.05, 3.63) is 65.2 Å². The molecule has 0 aromatic heterocycles. The van der Waals surface area contributed by atoms with E-state index in [0.29, 0.717) is 18.3 Å². The number of benzene rings is 2. The van der Waals surface area contributed by atoms with Crippen LogP contribution in [0.2, 0.25) is 0 Å². The maximum absolute atomic E-state index is 12.7. The predicted molar refractivity (Wildman–Crippen MR) is 114 cm³/mol. The zero-order chi connectivity index (χ0) is 22.5. The second kappa shape index (κ2) is 10.2. The standard InChI is InChI=1S/C24H29F3O3S/c1-18-5-15-23(16-6-18)31(28,29)30-17-3-2-4-19-7-9-20(10-8-19)21-11-13-22(14-12-21)24(25,26)27/h5-6,11-16,19-20H,2-4,7-10,17H2,1H3. The second-order valence-electron chi connectivity index (χ2n) is 8.42. The number of hydrogen-bond acceptors (Lipinski definition) is 3. The van der Waals surface area contributed by atoms with Gasteiger partial charge in [-0.3, -0.25) is 4.18 Å². The fourth-order valence-electron chi connectivity index (χ4n) is 4.21. The molecule has 0 saturated heterocycles. The molecule has 0 spiro atoms. The van der Waals surface area contributed by atoms with Crippen LogP contribution in [0.3, 0.4) is 0 Å². The summed E-state index contributed by atoms with van der Waals surface area (Å²) in [7, 11) is -3.70. The Bertz CT molecular complexity index is 928. The van der Waals surface area contributed by atoms with Gasteiger partial charge in [0.15, 0.2) is 0 Å². The van der Waals surface area contributed by atoms with Crippen LogP contribution in [-0.4, -0.2) is 15.0 Å². The number of halogens is 3. The van der Waals surface area contributed by atoms with Crippen LogP contribution in [0.5, 0.6) is 0 Å². The van der Waals surface area contributed by atoms with Crippen molar-refractivity contribution < 1.29 is 25.8 Å². The van der Waals surface area contributed by atoms with Gasteiger partial charge in [0.05, 0.1) is 17.1 Å². The van der Waals surface area contributed by atoms with E-state index in [1.807, 2.05) is 6.92 Å². The Hall–Kier alpha value is -1.86. The van der Waals surface area contributed by atoms with Crippen molar-refractivity contribution in [3.8, 4) is 0 Å². The Balaban J connectivity index is 1.35. The van der Waals surface area contributed by atoms with Gasteiger partial charge in [-0.05, 0) is 80.7 Å². The summed E-state index contributed by atoms with van der Waals surface area (Å²) in [4.78, 5) is 0.180. The first-order valence-corrected chi connectivity index (χ1v) is 12.2. The van der Waals surface area contributed by atoms with Crippen LogP contribution in [-0.2, 0) is 20.5 Å². The van der Waals surface area contributed by atoms with Crippen LogP contribution in [0.15, 0.2) is 53.4 Å². The molecule has 1 fully saturated rings. The molecule has 1 aliphatic carbocycles. The minimum atomic E-state index is -4.29. The lowest BCUT2D eigenvalue weighted by molar-refractivity contribution is -0.137. The van der Waals surface area contributed by atoms with Crippen molar-refractivity contribution in [2.24, 2.45) is 5.92 Å². The topological polar surface area (TPSA) is 43.4 Å². The van der Waals surface area contributed by atoms with Crippen LogP contribution in [0.1, 0.15) is 67.6 Å². The SMILES string of the molecule is Cc1ccc(S(=O)(=O)OCCCCC2CCC(c3ccc(C(F)(F)F)cc3)CC2)cc1. The van der Waals surface area contributed by atoms with Crippen molar-refractivity contribution in [1.82, 2.24) is 0 Å². The summed E-state index contributed by atoms with van der Waals surface area (Å²) < 4.78 is 67.6. The Morgan fingerprint density at radius 3 is 2.10 bits per heavy atom. The van der Waals surface area contributed by atoms with E-state index >= 15 is 0 Å². The molecule has 2 aromatic carbocycles. The third-order valence-electron chi connectivity index (χ3n) is 6.11. The Morgan fingerprint density at radius 2 is 1.52 bits per heavy atom. The van der Waals surface area contributed by atoms with Gasteiger partial charge in [-0.25, -0.2) is 0 Å². The molecule has 0 heterocycles. The molecule has 0 aliphatic heterocycles. The van der Waals surface area contributed by atoms with Gasteiger partial charge in [0.2, 0.25) is 0 Å². The van der Waals surface area contributed by atoms with E-state index in [1.165, 1.54) is 12.1 Å². The monoisotopic (exact) mass is 454 g/mol. The zero-order valence-corrected chi connectivity index (χ0v) is 18.5. The molecule has 1 saturated carbocycles. The van der Waals surface area contributed by atoms with E-state index in [1.54, 1.807) is 36.4 Å². The highest BCUT2D eigenvalue weighted by molar-refractivity contribution is 7.86. The van der Waals surface area contributed by atoms with Crippen LogP contribution in [0, 0.1) is 12.8 Å². The summed E-state index contributed by atoms with van der Waals surface area (Å²) in [6.07, 6.45) is 2.38. The maximum Gasteiger partial charge on any atom is 0.416 e. The third-order valence-corrected chi connectivity index (χ3v) is 7.44. The van der Waals surface area contributed by atoms with Crippen molar-refractivity contribution in [2.75, 3.05) is 6.61 Å². The third kappa shape index (κ3) is 6.81. The lowest BCUT2D eigenvalue weighted by Crippen LogP contribution is -2.14. The van der Waals surface area contributed by atoms with E-state index in [-0.39, 0.29) is 11.5 Å². The van der Waals surface area contributed by atoms with Gasteiger partial charge in [0, 0.05) is 0 Å². The molecule has 3 rings (SSSR count). The number of alkyl halides is 3. The minimum absolute atomic E-state index is 0.178. The molecule has 0 N–H and O–H groups in total.